The number of benzene rings is 1. The zero-order valence-electron chi connectivity index (χ0n) is 13.3. The van der Waals surface area contributed by atoms with Crippen molar-refractivity contribution in [3.05, 3.63) is 28.7 Å². The largest absolute Gasteiger partial charge is 0.504 e. The Kier molecular flexibility index (Phi) is 5.86. The van der Waals surface area contributed by atoms with E-state index in [1.807, 2.05) is 0 Å². The Hall–Kier alpha value is -2.48. The Morgan fingerprint density at radius 1 is 1.29 bits per heavy atom. The quantitative estimate of drug-likeness (QED) is 0.621. The van der Waals surface area contributed by atoms with Gasteiger partial charge in [-0.25, -0.2) is 0 Å². The number of nitrogens with zero attached hydrogens (tertiary/aromatic N) is 1. The van der Waals surface area contributed by atoms with Gasteiger partial charge in [0.05, 0.1) is 18.1 Å². The lowest BCUT2D eigenvalue weighted by Gasteiger charge is -2.10. The minimum Gasteiger partial charge on any atom is -0.504 e. The number of carbonyl (C=O) groups excluding carboxylic acids is 3. The molecule has 0 atom stereocenters. The molecular formula is C16H17NO6S. The fourth-order valence-corrected chi connectivity index (χ4v) is 2.85. The van der Waals surface area contributed by atoms with Crippen LogP contribution in [0.15, 0.2) is 23.1 Å². The first-order chi connectivity index (χ1) is 11.5. The molecule has 1 saturated heterocycles. The number of rotatable bonds is 6. The van der Waals surface area contributed by atoms with Crippen molar-refractivity contribution < 1.29 is 29.0 Å². The number of hydrogen-bond acceptors (Lipinski definition) is 7. The molecule has 0 spiro atoms. The van der Waals surface area contributed by atoms with Gasteiger partial charge in [0.2, 0.25) is 0 Å². The molecule has 0 bridgehead atoms. The second-order valence-electron chi connectivity index (χ2n) is 4.73. The van der Waals surface area contributed by atoms with Crippen molar-refractivity contribution in [2.75, 3.05) is 19.8 Å². The minimum absolute atomic E-state index is 0.00980. The predicted molar refractivity (Wildman–Crippen MR) is 88.6 cm³/mol. The molecule has 1 fully saturated rings. The van der Waals surface area contributed by atoms with Crippen LogP contribution in [0.5, 0.6) is 11.5 Å². The van der Waals surface area contributed by atoms with Gasteiger partial charge >= 0.3 is 5.97 Å². The van der Waals surface area contributed by atoms with E-state index in [0.29, 0.717) is 12.2 Å². The summed E-state index contributed by atoms with van der Waals surface area (Å²) < 4.78 is 10.0. The number of esters is 1. The van der Waals surface area contributed by atoms with Gasteiger partial charge in [-0.1, -0.05) is 6.07 Å². The number of amides is 2. The molecule has 8 heteroatoms. The molecule has 2 amide bonds. The van der Waals surface area contributed by atoms with E-state index in [1.165, 1.54) is 12.1 Å². The van der Waals surface area contributed by atoms with Gasteiger partial charge in [-0.3, -0.25) is 19.3 Å². The Bertz CT molecular complexity index is 700. The third-order valence-corrected chi connectivity index (χ3v) is 3.95. The molecule has 0 unspecified atom stereocenters. The highest BCUT2D eigenvalue weighted by Crippen LogP contribution is 2.34. The lowest BCUT2D eigenvalue weighted by atomic mass is 10.2. The van der Waals surface area contributed by atoms with Gasteiger partial charge in [-0.05, 0) is 49.4 Å². The SMILES string of the molecule is CCOC(=O)CN1C(=O)S/C(=C/c2ccc(O)c(OCC)c2)C1=O. The normalized spacial score (nSPS) is 15.9. The molecule has 7 nitrogen and oxygen atoms in total. The van der Waals surface area contributed by atoms with Gasteiger partial charge in [0.15, 0.2) is 11.5 Å². The van der Waals surface area contributed by atoms with Crippen LogP contribution >= 0.6 is 11.8 Å². The molecule has 1 N–H and O–H groups in total. The van der Waals surface area contributed by atoms with Crippen molar-refractivity contribution >= 4 is 35.0 Å². The summed E-state index contributed by atoms with van der Waals surface area (Å²) in [4.78, 5) is 36.7. The second kappa shape index (κ2) is 7.87. The van der Waals surface area contributed by atoms with E-state index in [-0.39, 0.29) is 23.0 Å². The second-order valence-corrected chi connectivity index (χ2v) is 5.73. The van der Waals surface area contributed by atoms with E-state index < -0.39 is 23.7 Å². The summed E-state index contributed by atoms with van der Waals surface area (Å²) in [6.45, 7) is 3.58. The van der Waals surface area contributed by atoms with Crippen LogP contribution in [0, 0.1) is 0 Å². The number of hydrogen-bond donors (Lipinski definition) is 1. The lowest BCUT2D eigenvalue weighted by molar-refractivity contribution is -0.145. The number of ether oxygens (including phenoxy) is 2. The van der Waals surface area contributed by atoms with Crippen LogP contribution in [-0.2, 0) is 14.3 Å². The van der Waals surface area contributed by atoms with Crippen molar-refractivity contribution in [3.63, 3.8) is 0 Å². The first-order valence-corrected chi connectivity index (χ1v) is 8.14. The van der Waals surface area contributed by atoms with E-state index in [1.54, 1.807) is 26.0 Å². The van der Waals surface area contributed by atoms with Gasteiger partial charge in [0.25, 0.3) is 11.1 Å². The smallest absolute Gasteiger partial charge is 0.326 e. The maximum absolute atomic E-state index is 12.3. The number of imide groups is 1. The van der Waals surface area contributed by atoms with Crippen molar-refractivity contribution in [3.8, 4) is 11.5 Å². The minimum atomic E-state index is -0.635. The topological polar surface area (TPSA) is 93.1 Å². The van der Waals surface area contributed by atoms with Gasteiger partial charge in [0.1, 0.15) is 6.54 Å². The summed E-state index contributed by atoms with van der Waals surface area (Å²) >= 11 is 0.748. The molecule has 1 aliphatic rings. The van der Waals surface area contributed by atoms with E-state index in [2.05, 4.69) is 0 Å². The zero-order chi connectivity index (χ0) is 17.7. The summed E-state index contributed by atoms with van der Waals surface area (Å²) in [5, 5.41) is 9.16. The number of aromatic hydroxyl groups is 1. The van der Waals surface area contributed by atoms with Crippen molar-refractivity contribution in [1.82, 2.24) is 4.90 Å². The van der Waals surface area contributed by atoms with Crippen LogP contribution in [0.1, 0.15) is 19.4 Å². The number of thioether (sulfide) groups is 1. The molecule has 0 radical (unpaired) electrons. The standard InChI is InChI=1S/C16H17NO6S/c1-3-22-12-7-10(5-6-11(12)18)8-13-15(20)17(16(21)24-13)9-14(19)23-4-2/h5-8,18H,3-4,9H2,1-2H3/b13-8+. The first kappa shape index (κ1) is 17.9. The summed E-state index contributed by atoms with van der Waals surface area (Å²) in [5.41, 5.74) is 0.595. The Morgan fingerprint density at radius 2 is 2.04 bits per heavy atom. The average Bonchev–Trinajstić information content (AvgIpc) is 2.79. The van der Waals surface area contributed by atoms with E-state index in [4.69, 9.17) is 9.47 Å². The molecule has 1 heterocycles. The molecule has 0 saturated carbocycles. The van der Waals surface area contributed by atoms with Crippen molar-refractivity contribution in [2.24, 2.45) is 0 Å². The molecule has 1 aromatic rings. The van der Waals surface area contributed by atoms with Crippen LogP contribution in [0.3, 0.4) is 0 Å². The van der Waals surface area contributed by atoms with Gasteiger partial charge < -0.3 is 14.6 Å². The van der Waals surface area contributed by atoms with Crippen LogP contribution < -0.4 is 4.74 Å². The van der Waals surface area contributed by atoms with Crippen LogP contribution in [0.25, 0.3) is 6.08 Å². The summed E-state index contributed by atoms with van der Waals surface area (Å²) in [5.74, 6) is -0.908. The van der Waals surface area contributed by atoms with Gasteiger partial charge in [-0.15, -0.1) is 0 Å². The Morgan fingerprint density at radius 3 is 2.71 bits per heavy atom. The molecule has 24 heavy (non-hydrogen) atoms. The zero-order valence-corrected chi connectivity index (χ0v) is 14.1. The number of carbonyl (C=O) groups is 3. The monoisotopic (exact) mass is 351 g/mol. The van der Waals surface area contributed by atoms with Gasteiger partial charge in [0, 0.05) is 0 Å². The molecule has 1 aliphatic heterocycles. The first-order valence-electron chi connectivity index (χ1n) is 7.33. The van der Waals surface area contributed by atoms with Crippen molar-refractivity contribution in [2.45, 2.75) is 13.8 Å². The third kappa shape index (κ3) is 4.08. The highest BCUT2D eigenvalue weighted by molar-refractivity contribution is 8.18. The molecular weight excluding hydrogens is 334 g/mol. The fourth-order valence-electron chi connectivity index (χ4n) is 2.02. The van der Waals surface area contributed by atoms with Crippen LogP contribution in [0.2, 0.25) is 0 Å². The Balaban J connectivity index is 2.19. The molecule has 0 aromatic heterocycles. The average molecular weight is 351 g/mol. The third-order valence-electron chi connectivity index (χ3n) is 3.05. The van der Waals surface area contributed by atoms with Crippen LogP contribution in [-0.4, -0.2) is 46.9 Å². The maximum Gasteiger partial charge on any atom is 0.326 e. The Labute approximate surface area is 143 Å². The van der Waals surface area contributed by atoms with E-state index in [9.17, 15) is 19.5 Å². The fraction of sp³-hybridized carbons (Fsp3) is 0.312. The summed E-state index contributed by atoms with van der Waals surface area (Å²) in [7, 11) is 0. The van der Waals surface area contributed by atoms with E-state index >= 15 is 0 Å². The molecule has 2 rings (SSSR count). The highest BCUT2D eigenvalue weighted by atomic mass is 32.2. The maximum atomic E-state index is 12.3. The van der Waals surface area contributed by atoms with E-state index in [0.717, 1.165) is 16.7 Å². The van der Waals surface area contributed by atoms with Crippen LogP contribution in [0.4, 0.5) is 4.79 Å². The summed E-state index contributed by atoms with van der Waals surface area (Å²) in [6.07, 6.45) is 1.51. The number of phenols is 1. The predicted octanol–water partition coefficient (Wildman–Crippen LogP) is 2.39. The molecule has 1 aromatic carbocycles. The number of phenolic OH excluding ortho intramolecular Hbond substituents is 1. The molecule has 128 valence electrons. The molecule has 0 aliphatic carbocycles. The lowest BCUT2D eigenvalue weighted by Crippen LogP contribution is -2.34. The highest BCUT2D eigenvalue weighted by Gasteiger charge is 2.36. The van der Waals surface area contributed by atoms with Gasteiger partial charge in [-0.2, -0.15) is 0 Å². The summed E-state index contributed by atoms with van der Waals surface area (Å²) in [6, 6.07) is 4.61. The van der Waals surface area contributed by atoms with Crippen molar-refractivity contribution in [1.29, 1.82) is 0 Å².